The number of aliphatic hydroxyl groups is 1. The summed E-state index contributed by atoms with van der Waals surface area (Å²) in [4.78, 5) is 24.8. The number of allylic oxidation sites excluding steroid dienone is 3. The van der Waals surface area contributed by atoms with Crippen LogP contribution >= 0.6 is 0 Å². The minimum Gasteiger partial charge on any atom is -0.460 e. The molecule has 1 saturated heterocycles. The predicted molar refractivity (Wildman–Crippen MR) is 144 cm³/mol. The summed E-state index contributed by atoms with van der Waals surface area (Å²) in [6, 6.07) is 0. The van der Waals surface area contributed by atoms with Crippen LogP contribution in [0.15, 0.2) is 23.3 Å². The first kappa shape index (κ1) is 27.1. The molecule has 37 heavy (non-hydrogen) atoms. The van der Waals surface area contributed by atoms with Gasteiger partial charge in [0.05, 0.1) is 11.7 Å². The van der Waals surface area contributed by atoms with E-state index in [1.165, 1.54) is 18.1 Å². The number of Topliss-reactive ketones (excluding diaryl/α,β-unsaturated/α-hetero) is 1. The van der Waals surface area contributed by atoms with Gasteiger partial charge in [0.25, 0.3) is 0 Å². The van der Waals surface area contributed by atoms with Crippen LogP contribution in [0.25, 0.3) is 0 Å². The summed E-state index contributed by atoms with van der Waals surface area (Å²) in [5.74, 6) is 0.753. The Morgan fingerprint density at radius 1 is 1.16 bits per heavy atom. The van der Waals surface area contributed by atoms with Crippen molar-refractivity contribution in [3.8, 4) is 0 Å². The second kappa shape index (κ2) is 8.27. The minimum absolute atomic E-state index is 0.0596. The maximum absolute atomic E-state index is 12.9. The highest BCUT2D eigenvalue weighted by Crippen LogP contribution is 2.73. The number of esters is 1. The van der Waals surface area contributed by atoms with Gasteiger partial charge in [-0.2, -0.15) is 0 Å². The minimum atomic E-state index is -0.429. The smallest absolute Gasteiger partial charge is 0.302 e. The van der Waals surface area contributed by atoms with Gasteiger partial charge >= 0.3 is 5.97 Å². The summed E-state index contributed by atoms with van der Waals surface area (Å²) in [6.45, 7) is 19.2. The fraction of sp³-hybridized carbons (Fsp3) is 0.812. The molecule has 5 nitrogen and oxygen atoms in total. The average Bonchev–Trinajstić information content (AvgIpc) is 3.27. The largest absolute Gasteiger partial charge is 0.460 e. The third-order valence-electron chi connectivity index (χ3n) is 12.0. The van der Waals surface area contributed by atoms with Crippen molar-refractivity contribution in [3.05, 3.63) is 23.3 Å². The first-order chi connectivity index (χ1) is 17.0. The summed E-state index contributed by atoms with van der Waals surface area (Å²) in [5, 5.41) is 11.9. The first-order valence-electron chi connectivity index (χ1n) is 14.5. The molecule has 0 bridgehead atoms. The third-order valence-corrected chi connectivity index (χ3v) is 12.0. The summed E-state index contributed by atoms with van der Waals surface area (Å²) < 4.78 is 11.6. The molecule has 5 heteroatoms. The number of carbonyl (C=O) groups excluding carboxylic acids is 2. The average molecular weight is 513 g/mol. The molecule has 1 heterocycles. The molecule has 0 aromatic rings. The van der Waals surface area contributed by atoms with Gasteiger partial charge in [0.15, 0.2) is 0 Å². The van der Waals surface area contributed by atoms with Crippen molar-refractivity contribution in [2.75, 3.05) is 0 Å². The standard InChI is InChI=1S/C32H48O5/c1-18(16-23(36-19(2)33)27-29(5,6)37-27)20-10-14-31(8)21(20)17-22(34)26-30(7)13-12-25(35)28(3,4)24(30)11-15-32(26,31)9/h10,14,18,22-24,26-27,34H,11-13,15-17H2,1-9H3/t18?,22-,23?,24-,26-,27+,30-,31-,32-/m0/s1. The monoisotopic (exact) mass is 512 g/mol. The molecule has 1 N–H and O–H groups in total. The molecule has 0 spiro atoms. The molecule has 5 aliphatic rings. The van der Waals surface area contributed by atoms with Crippen LogP contribution in [0.5, 0.6) is 0 Å². The van der Waals surface area contributed by atoms with Crippen molar-refractivity contribution < 1.29 is 24.2 Å². The molecule has 4 fully saturated rings. The van der Waals surface area contributed by atoms with Crippen LogP contribution < -0.4 is 0 Å². The van der Waals surface area contributed by atoms with Crippen molar-refractivity contribution >= 4 is 11.8 Å². The number of aliphatic hydroxyl groups excluding tert-OH is 1. The second-order valence-electron chi connectivity index (χ2n) is 14.8. The van der Waals surface area contributed by atoms with Crippen LogP contribution in [-0.2, 0) is 19.1 Å². The number of rotatable bonds is 5. The lowest BCUT2D eigenvalue weighted by Crippen LogP contribution is -2.65. The number of ether oxygens (including phenoxy) is 2. The highest BCUT2D eigenvalue weighted by molar-refractivity contribution is 5.85. The van der Waals surface area contributed by atoms with Gasteiger partial charge in [-0.15, -0.1) is 0 Å². The zero-order valence-electron chi connectivity index (χ0n) is 24.4. The zero-order chi connectivity index (χ0) is 27.3. The highest BCUT2D eigenvalue weighted by atomic mass is 16.6. The van der Waals surface area contributed by atoms with Gasteiger partial charge in [-0.3, -0.25) is 9.59 Å². The van der Waals surface area contributed by atoms with Crippen molar-refractivity contribution in [3.63, 3.8) is 0 Å². The molecular weight excluding hydrogens is 464 g/mol. The van der Waals surface area contributed by atoms with Crippen LogP contribution in [0, 0.1) is 39.4 Å². The molecule has 3 saturated carbocycles. The van der Waals surface area contributed by atoms with Gasteiger partial charge in [-0.1, -0.05) is 59.3 Å². The number of hydrogen-bond donors (Lipinski definition) is 1. The Morgan fingerprint density at radius 3 is 2.41 bits per heavy atom. The molecule has 0 aromatic heterocycles. The topological polar surface area (TPSA) is 76.1 Å². The van der Waals surface area contributed by atoms with Crippen molar-refractivity contribution in [2.45, 2.75) is 125 Å². The SMILES string of the molecule is CC(=O)OC(CC(C)C1=C2C[C@H](O)[C@H]3[C@@]4(C)CCC(=O)C(C)(C)[C@@H]4CC[C@]3(C)[C@@]2(C)C=C1)[C@H]1OC1(C)C. The van der Waals surface area contributed by atoms with Crippen molar-refractivity contribution in [1.29, 1.82) is 0 Å². The summed E-state index contributed by atoms with van der Waals surface area (Å²) in [5.41, 5.74) is 1.78. The van der Waals surface area contributed by atoms with Gasteiger partial charge < -0.3 is 14.6 Å². The molecule has 5 rings (SSSR count). The highest BCUT2D eigenvalue weighted by Gasteiger charge is 2.68. The van der Waals surface area contributed by atoms with Crippen LogP contribution in [0.2, 0.25) is 0 Å². The number of fused-ring (bicyclic) bond motifs is 5. The number of epoxide rings is 1. The normalized spacial score (nSPS) is 45.0. The van der Waals surface area contributed by atoms with E-state index < -0.39 is 6.10 Å². The molecular formula is C32H48O5. The lowest BCUT2D eigenvalue weighted by molar-refractivity contribution is -0.201. The van der Waals surface area contributed by atoms with Gasteiger partial charge in [0.2, 0.25) is 0 Å². The van der Waals surface area contributed by atoms with Crippen LogP contribution in [-0.4, -0.2) is 40.8 Å². The number of carbonyl (C=O) groups is 2. The Labute approximate surface area is 223 Å². The van der Waals surface area contributed by atoms with Crippen LogP contribution in [0.1, 0.15) is 101 Å². The maximum atomic E-state index is 12.9. The van der Waals surface area contributed by atoms with Gasteiger partial charge in [0.1, 0.15) is 18.0 Å². The van der Waals surface area contributed by atoms with E-state index in [1.807, 2.05) is 13.8 Å². The fourth-order valence-electron chi connectivity index (χ4n) is 9.88. The molecule has 2 unspecified atom stereocenters. The second-order valence-corrected chi connectivity index (χ2v) is 14.8. The fourth-order valence-corrected chi connectivity index (χ4v) is 9.88. The Kier molecular flexibility index (Phi) is 6.06. The van der Waals surface area contributed by atoms with Crippen LogP contribution in [0.4, 0.5) is 0 Å². The first-order valence-corrected chi connectivity index (χ1v) is 14.5. The Hall–Kier alpha value is -1.46. The molecule has 0 radical (unpaired) electrons. The van der Waals surface area contributed by atoms with E-state index in [2.05, 4.69) is 53.7 Å². The van der Waals surface area contributed by atoms with Crippen LogP contribution in [0.3, 0.4) is 0 Å². The van der Waals surface area contributed by atoms with Gasteiger partial charge in [0, 0.05) is 24.2 Å². The summed E-state index contributed by atoms with van der Waals surface area (Å²) in [6.07, 6.45) is 8.84. The molecule has 0 amide bonds. The van der Waals surface area contributed by atoms with E-state index in [-0.39, 0.29) is 57.3 Å². The molecule has 0 aromatic carbocycles. The molecule has 9 atom stereocenters. The Balaban J connectivity index is 1.47. The van der Waals surface area contributed by atoms with E-state index in [0.717, 1.165) is 19.3 Å². The summed E-state index contributed by atoms with van der Waals surface area (Å²) in [7, 11) is 0. The summed E-state index contributed by atoms with van der Waals surface area (Å²) >= 11 is 0. The van der Waals surface area contributed by atoms with Crippen molar-refractivity contribution in [2.24, 2.45) is 39.4 Å². The van der Waals surface area contributed by atoms with Gasteiger partial charge in [-0.05, 0) is 80.1 Å². The zero-order valence-corrected chi connectivity index (χ0v) is 24.4. The maximum Gasteiger partial charge on any atom is 0.302 e. The van der Waals surface area contributed by atoms with Crippen molar-refractivity contribution in [1.82, 2.24) is 0 Å². The lowest BCUT2D eigenvalue weighted by atomic mass is 9.36. The Bertz CT molecular complexity index is 1070. The van der Waals surface area contributed by atoms with E-state index >= 15 is 0 Å². The number of ketones is 1. The number of hydrogen-bond acceptors (Lipinski definition) is 5. The predicted octanol–water partition coefficient (Wildman–Crippen LogP) is 6.19. The lowest BCUT2D eigenvalue weighted by Gasteiger charge is -2.68. The van der Waals surface area contributed by atoms with Gasteiger partial charge in [-0.25, -0.2) is 0 Å². The molecule has 1 aliphatic heterocycles. The molecule has 4 aliphatic carbocycles. The third kappa shape index (κ3) is 3.77. The van der Waals surface area contributed by atoms with E-state index in [9.17, 15) is 14.7 Å². The van der Waals surface area contributed by atoms with E-state index in [1.54, 1.807) is 0 Å². The molecule has 206 valence electrons. The van der Waals surface area contributed by atoms with E-state index in [4.69, 9.17) is 9.47 Å². The quantitative estimate of drug-likeness (QED) is 0.351. The Morgan fingerprint density at radius 2 is 1.81 bits per heavy atom. The van der Waals surface area contributed by atoms with E-state index in [0.29, 0.717) is 31.0 Å².